The second-order valence-corrected chi connectivity index (χ2v) is 21.6. The quantitative estimate of drug-likeness (QED) is 0.136. The van der Waals surface area contributed by atoms with Crippen LogP contribution in [0.1, 0.15) is 67.9 Å². The summed E-state index contributed by atoms with van der Waals surface area (Å²) < 4.78 is 5.03. The Labute approximate surface area is 427 Å². The summed E-state index contributed by atoms with van der Waals surface area (Å²) in [6, 6.07) is 76.9. The number of para-hydroxylation sites is 2. The summed E-state index contributed by atoms with van der Waals surface area (Å²) in [7, 11) is 0. The van der Waals surface area contributed by atoms with Crippen LogP contribution in [0.4, 0.5) is 0 Å². The van der Waals surface area contributed by atoms with Gasteiger partial charge in [0.25, 0.3) is 0 Å². The number of rotatable bonds is 9. The number of allylic oxidation sites excluding steroid dienone is 8. The van der Waals surface area contributed by atoms with Crippen LogP contribution in [0.5, 0.6) is 0 Å². The molecule has 0 saturated carbocycles. The molecule has 1 nitrogen and oxygen atoms in total. The Bertz CT molecular complexity index is 3960. The van der Waals surface area contributed by atoms with E-state index in [2.05, 4.69) is 268 Å². The monoisotopic (exact) mass is 941 g/mol. The second kappa shape index (κ2) is 17.7. The zero-order chi connectivity index (χ0) is 48.4. The van der Waals surface area contributed by atoms with E-state index < -0.39 is 0 Å². The highest BCUT2D eigenvalue weighted by Gasteiger charge is 2.27. The van der Waals surface area contributed by atoms with E-state index in [1.807, 2.05) is 11.3 Å². The predicted octanol–water partition coefficient (Wildman–Crippen LogP) is 19.5. The van der Waals surface area contributed by atoms with Gasteiger partial charge in [0.1, 0.15) is 0 Å². The van der Waals surface area contributed by atoms with Crippen molar-refractivity contribution in [2.45, 2.75) is 50.9 Å². The Kier molecular flexibility index (Phi) is 10.8. The van der Waals surface area contributed by atoms with Crippen molar-refractivity contribution < 1.29 is 0 Å². The van der Waals surface area contributed by atoms with E-state index in [1.54, 1.807) is 0 Å². The van der Waals surface area contributed by atoms with Crippen molar-refractivity contribution >= 4 is 64.5 Å². The number of thiophene rings is 1. The molecule has 72 heavy (non-hydrogen) atoms. The van der Waals surface area contributed by atoms with Gasteiger partial charge in [-0.25, -0.2) is 0 Å². The predicted molar refractivity (Wildman–Crippen MR) is 310 cm³/mol. The third-order valence-corrected chi connectivity index (χ3v) is 17.0. The summed E-state index contributed by atoms with van der Waals surface area (Å²) in [6.07, 6.45) is 17.3. The summed E-state index contributed by atoms with van der Waals surface area (Å²) in [5.74, 6) is 0. The SMILES string of the molecule is CC1(c2ccc(-c3ccc(C(C)(C)c4ccc5sc6ccc(-c7ccc(-n8c9ccccc9c9ccccc98)cc7)cc6c5c4)cc3)cc2)C=CC(c2ccccc2-c2ccccc2C2=CCCC=C2)=CC1. The van der Waals surface area contributed by atoms with E-state index in [4.69, 9.17) is 0 Å². The Morgan fingerprint density at radius 3 is 1.57 bits per heavy atom. The fourth-order valence-electron chi connectivity index (χ4n) is 11.5. The van der Waals surface area contributed by atoms with Gasteiger partial charge in [0, 0.05) is 47.5 Å². The largest absolute Gasteiger partial charge is 0.309 e. The Morgan fingerprint density at radius 1 is 0.444 bits per heavy atom. The molecule has 0 aliphatic heterocycles. The molecule has 1 unspecified atom stereocenters. The molecule has 0 N–H and O–H groups in total. The molecule has 2 heteroatoms. The van der Waals surface area contributed by atoms with Gasteiger partial charge in [-0.05, 0) is 140 Å². The molecule has 2 aliphatic carbocycles. The summed E-state index contributed by atoms with van der Waals surface area (Å²) in [4.78, 5) is 0. The summed E-state index contributed by atoms with van der Waals surface area (Å²) in [5, 5.41) is 5.21. The Balaban J connectivity index is 0.724. The number of hydrogen-bond acceptors (Lipinski definition) is 1. The van der Waals surface area contributed by atoms with Crippen LogP contribution in [-0.4, -0.2) is 4.57 Å². The number of benzene rings is 9. The van der Waals surface area contributed by atoms with E-state index in [1.165, 1.54) is 120 Å². The Morgan fingerprint density at radius 2 is 0.958 bits per heavy atom. The van der Waals surface area contributed by atoms with E-state index in [-0.39, 0.29) is 10.8 Å². The van der Waals surface area contributed by atoms with Gasteiger partial charge in [-0.3, -0.25) is 0 Å². The smallest absolute Gasteiger partial charge is 0.0541 e. The molecule has 9 aromatic carbocycles. The van der Waals surface area contributed by atoms with Crippen LogP contribution >= 0.6 is 11.3 Å². The maximum absolute atomic E-state index is 2.44. The molecular formula is C70H55NS. The zero-order valence-electron chi connectivity index (χ0n) is 41.1. The third-order valence-electron chi connectivity index (χ3n) is 15.9. The molecule has 2 aliphatic rings. The van der Waals surface area contributed by atoms with Crippen molar-refractivity contribution in [3.05, 3.63) is 271 Å². The van der Waals surface area contributed by atoms with Crippen molar-refractivity contribution in [1.82, 2.24) is 4.57 Å². The first-order valence-electron chi connectivity index (χ1n) is 25.5. The molecule has 346 valence electrons. The number of hydrogen-bond donors (Lipinski definition) is 0. The highest BCUT2D eigenvalue weighted by atomic mass is 32.1. The van der Waals surface area contributed by atoms with Crippen molar-refractivity contribution in [2.75, 3.05) is 0 Å². The molecule has 11 aromatic rings. The van der Waals surface area contributed by atoms with Crippen LogP contribution in [0.2, 0.25) is 0 Å². The number of nitrogens with zero attached hydrogens (tertiary/aromatic N) is 1. The first-order chi connectivity index (χ1) is 35.3. The van der Waals surface area contributed by atoms with Crippen LogP contribution in [0.15, 0.2) is 243 Å². The average Bonchev–Trinajstić information content (AvgIpc) is 3.99. The molecule has 0 radical (unpaired) electrons. The lowest BCUT2D eigenvalue weighted by atomic mass is 9.74. The third kappa shape index (κ3) is 7.61. The van der Waals surface area contributed by atoms with Gasteiger partial charge in [0.05, 0.1) is 11.0 Å². The molecular weight excluding hydrogens is 887 g/mol. The van der Waals surface area contributed by atoms with Crippen LogP contribution in [0.3, 0.4) is 0 Å². The first-order valence-corrected chi connectivity index (χ1v) is 26.3. The lowest BCUT2D eigenvalue weighted by Gasteiger charge is -2.29. The van der Waals surface area contributed by atoms with Crippen molar-refractivity contribution in [2.24, 2.45) is 0 Å². The van der Waals surface area contributed by atoms with Gasteiger partial charge >= 0.3 is 0 Å². The van der Waals surface area contributed by atoms with Crippen LogP contribution in [0.25, 0.3) is 92.2 Å². The average molecular weight is 942 g/mol. The standard InChI is InChI=1S/C70H55NS/c1-69(2,55-36-40-68-64(46-55)63-45-52(31-39-67(63)72-68)49-29-37-56(38-30-49)71-65-23-13-11-21-61(65)62-22-12-14-24-66(62)71)53-32-25-47(26-33-53)48-27-34-54(35-28-48)70(3)43-41-51(42-44-70)58-18-8-10-20-60(58)59-19-9-7-17-57(59)50-15-5-4-6-16-50/h5,7-43,45-46H,4,6,44H2,1-3H3. The maximum Gasteiger partial charge on any atom is 0.0541 e. The van der Waals surface area contributed by atoms with Gasteiger partial charge in [0.15, 0.2) is 0 Å². The molecule has 0 bridgehead atoms. The van der Waals surface area contributed by atoms with E-state index in [0.717, 1.165) is 19.3 Å². The van der Waals surface area contributed by atoms with Crippen molar-refractivity contribution in [3.8, 4) is 39.1 Å². The van der Waals surface area contributed by atoms with Crippen LogP contribution < -0.4 is 0 Å². The van der Waals surface area contributed by atoms with E-state index in [9.17, 15) is 0 Å². The lowest BCUT2D eigenvalue weighted by Crippen LogP contribution is -2.20. The molecule has 0 spiro atoms. The molecule has 1 atom stereocenters. The fraction of sp³-hybridized carbons (Fsp3) is 0.114. The van der Waals surface area contributed by atoms with E-state index in [0.29, 0.717) is 0 Å². The minimum atomic E-state index is -0.187. The fourth-order valence-corrected chi connectivity index (χ4v) is 12.6. The topological polar surface area (TPSA) is 4.93 Å². The highest BCUT2D eigenvalue weighted by Crippen LogP contribution is 2.44. The van der Waals surface area contributed by atoms with Gasteiger partial charge in [-0.1, -0.05) is 215 Å². The number of fused-ring (bicyclic) bond motifs is 6. The minimum Gasteiger partial charge on any atom is -0.309 e. The molecule has 0 fully saturated rings. The Hall–Kier alpha value is -8.04. The van der Waals surface area contributed by atoms with Crippen molar-refractivity contribution in [1.29, 1.82) is 0 Å². The lowest BCUT2D eigenvalue weighted by molar-refractivity contribution is 0.601. The normalized spacial score (nSPS) is 15.9. The van der Waals surface area contributed by atoms with Gasteiger partial charge in [-0.2, -0.15) is 0 Å². The molecule has 2 aromatic heterocycles. The second-order valence-electron chi connectivity index (χ2n) is 20.6. The molecule has 2 heterocycles. The van der Waals surface area contributed by atoms with Gasteiger partial charge < -0.3 is 4.57 Å². The van der Waals surface area contributed by atoms with Crippen LogP contribution in [-0.2, 0) is 10.8 Å². The summed E-state index contributed by atoms with van der Waals surface area (Å²) >= 11 is 1.88. The minimum absolute atomic E-state index is 0.0856. The zero-order valence-corrected chi connectivity index (χ0v) is 41.9. The van der Waals surface area contributed by atoms with Crippen molar-refractivity contribution in [3.63, 3.8) is 0 Å². The van der Waals surface area contributed by atoms with Crippen LogP contribution in [0, 0.1) is 0 Å². The highest BCUT2D eigenvalue weighted by molar-refractivity contribution is 7.25. The van der Waals surface area contributed by atoms with E-state index >= 15 is 0 Å². The molecule has 0 amide bonds. The first kappa shape index (κ1) is 43.9. The van der Waals surface area contributed by atoms with Gasteiger partial charge in [0.2, 0.25) is 0 Å². The summed E-state index contributed by atoms with van der Waals surface area (Å²) in [5.41, 5.74) is 20.0. The number of aromatic nitrogens is 1. The van der Waals surface area contributed by atoms with Gasteiger partial charge in [-0.15, -0.1) is 11.3 Å². The molecule has 0 saturated heterocycles. The summed E-state index contributed by atoms with van der Waals surface area (Å²) in [6.45, 7) is 7.09. The maximum atomic E-state index is 2.44. The molecule has 13 rings (SSSR count).